The molecule has 0 fully saturated rings. The molecule has 6 heteroatoms. The van der Waals surface area contributed by atoms with Gasteiger partial charge in [0.2, 0.25) is 0 Å². The van der Waals surface area contributed by atoms with Crippen LogP contribution in [0.3, 0.4) is 0 Å². The van der Waals surface area contributed by atoms with E-state index in [0.717, 1.165) is 11.1 Å². The summed E-state index contributed by atoms with van der Waals surface area (Å²) in [5, 5.41) is 13.6. The van der Waals surface area contributed by atoms with E-state index in [1.807, 2.05) is 26.0 Å². The van der Waals surface area contributed by atoms with Crippen LogP contribution in [0.25, 0.3) is 0 Å². The van der Waals surface area contributed by atoms with Gasteiger partial charge < -0.3 is 5.32 Å². The van der Waals surface area contributed by atoms with Gasteiger partial charge >= 0.3 is 0 Å². The molecule has 2 aromatic rings. The van der Waals surface area contributed by atoms with E-state index in [-0.39, 0.29) is 16.3 Å². The molecule has 5 nitrogen and oxygen atoms in total. The van der Waals surface area contributed by atoms with Crippen molar-refractivity contribution in [1.29, 1.82) is 0 Å². The molecule has 0 saturated heterocycles. The molecule has 2 aromatic carbocycles. The third-order valence-electron chi connectivity index (χ3n) is 3.17. The smallest absolute Gasteiger partial charge is 0.270 e. The van der Waals surface area contributed by atoms with Gasteiger partial charge in [-0.2, -0.15) is 0 Å². The van der Waals surface area contributed by atoms with E-state index in [0.29, 0.717) is 5.69 Å². The monoisotopic (exact) mass is 304 g/mol. The molecule has 0 aliphatic rings. The lowest BCUT2D eigenvalue weighted by Crippen LogP contribution is -2.13. The van der Waals surface area contributed by atoms with Crippen molar-refractivity contribution in [3.63, 3.8) is 0 Å². The van der Waals surface area contributed by atoms with Crippen molar-refractivity contribution in [2.45, 2.75) is 13.8 Å². The Morgan fingerprint density at radius 1 is 1.14 bits per heavy atom. The fraction of sp³-hybridized carbons (Fsp3) is 0.133. The van der Waals surface area contributed by atoms with E-state index in [4.69, 9.17) is 11.6 Å². The van der Waals surface area contributed by atoms with Crippen LogP contribution in [-0.4, -0.2) is 10.8 Å². The second-order valence-electron chi connectivity index (χ2n) is 4.67. The van der Waals surface area contributed by atoms with Gasteiger partial charge in [-0.3, -0.25) is 14.9 Å². The molecule has 0 atom stereocenters. The lowest BCUT2D eigenvalue weighted by Gasteiger charge is -2.08. The number of carbonyl (C=O) groups excluding carboxylic acids is 1. The number of anilines is 1. The van der Waals surface area contributed by atoms with Crippen molar-refractivity contribution in [3.05, 3.63) is 68.2 Å². The summed E-state index contributed by atoms with van der Waals surface area (Å²) in [5.41, 5.74) is 2.67. The molecule has 21 heavy (non-hydrogen) atoms. The van der Waals surface area contributed by atoms with Gasteiger partial charge in [0.05, 0.1) is 15.5 Å². The van der Waals surface area contributed by atoms with E-state index >= 15 is 0 Å². The zero-order valence-corrected chi connectivity index (χ0v) is 12.3. The predicted octanol–water partition coefficient (Wildman–Crippen LogP) is 4.12. The van der Waals surface area contributed by atoms with Gasteiger partial charge in [-0.05, 0) is 43.2 Å². The first-order valence-corrected chi connectivity index (χ1v) is 6.59. The van der Waals surface area contributed by atoms with Crippen LogP contribution < -0.4 is 5.32 Å². The van der Waals surface area contributed by atoms with Gasteiger partial charge in [-0.15, -0.1) is 0 Å². The summed E-state index contributed by atoms with van der Waals surface area (Å²) in [6.45, 7) is 3.91. The molecular weight excluding hydrogens is 292 g/mol. The van der Waals surface area contributed by atoms with Crippen molar-refractivity contribution in [1.82, 2.24) is 0 Å². The average Bonchev–Trinajstić information content (AvgIpc) is 2.43. The Kier molecular flexibility index (Phi) is 4.23. The number of nitro groups is 1. The normalized spacial score (nSPS) is 10.2. The van der Waals surface area contributed by atoms with Crippen LogP contribution in [-0.2, 0) is 0 Å². The van der Waals surface area contributed by atoms with Crippen molar-refractivity contribution in [3.8, 4) is 0 Å². The number of hydrogen-bond donors (Lipinski definition) is 1. The molecule has 0 saturated carbocycles. The molecule has 0 bridgehead atoms. The van der Waals surface area contributed by atoms with Crippen LogP contribution in [0.5, 0.6) is 0 Å². The van der Waals surface area contributed by atoms with Gasteiger partial charge in [-0.1, -0.05) is 17.7 Å². The van der Waals surface area contributed by atoms with Crippen LogP contribution in [0.1, 0.15) is 21.5 Å². The first-order chi connectivity index (χ1) is 9.88. The van der Waals surface area contributed by atoms with Gasteiger partial charge in [-0.25, -0.2) is 0 Å². The molecule has 0 aliphatic heterocycles. The Bertz CT molecular complexity index is 729. The largest absolute Gasteiger partial charge is 0.322 e. The molecule has 1 N–H and O–H groups in total. The number of nitrogens with zero attached hydrogens (tertiary/aromatic N) is 1. The Balaban J connectivity index is 2.29. The van der Waals surface area contributed by atoms with E-state index in [2.05, 4.69) is 5.32 Å². The summed E-state index contributed by atoms with van der Waals surface area (Å²) >= 11 is 5.94. The first-order valence-electron chi connectivity index (χ1n) is 6.21. The van der Waals surface area contributed by atoms with Gasteiger partial charge in [0.25, 0.3) is 11.6 Å². The summed E-state index contributed by atoms with van der Waals surface area (Å²) in [6.07, 6.45) is 0. The van der Waals surface area contributed by atoms with Gasteiger partial charge in [0.15, 0.2) is 0 Å². The lowest BCUT2D eigenvalue weighted by molar-refractivity contribution is -0.384. The van der Waals surface area contributed by atoms with Crippen LogP contribution >= 0.6 is 11.6 Å². The van der Waals surface area contributed by atoms with E-state index in [1.54, 1.807) is 6.07 Å². The van der Waals surface area contributed by atoms with Crippen molar-refractivity contribution in [2.24, 2.45) is 0 Å². The Morgan fingerprint density at radius 3 is 2.48 bits per heavy atom. The molecule has 0 unspecified atom stereocenters. The highest BCUT2D eigenvalue weighted by Gasteiger charge is 2.16. The quantitative estimate of drug-likeness (QED) is 0.685. The van der Waals surface area contributed by atoms with E-state index < -0.39 is 10.8 Å². The number of non-ortho nitro benzene ring substituents is 1. The molecule has 0 spiro atoms. The zero-order valence-electron chi connectivity index (χ0n) is 11.5. The van der Waals surface area contributed by atoms with Gasteiger partial charge in [0.1, 0.15) is 0 Å². The Morgan fingerprint density at radius 2 is 1.86 bits per heavy atom. The molecule has 0 heterocycles. The van der Waals surface area contributed by atoms with E-state index in [9.17, 15) is 14.9 Å². The third kappa shape index (κ3) is 3.38. The summed E-state index contributed by atoms with van der Waals surface area (Å²) in [4.78, 5) is 22.4. The predicted molar refractivity (Wildman–Crippen MR) is 82.0 cm³/mol. The topological polar surface area (TPSA) is 72.2 Å². The number of hydrogen-bond acceptors (Lipinski definition) is 3. The summed E-state index contributed by atoms with van der Waals surface area (Å²) in [7, 11) is 0. The molecule has 0 aliphatic carbocycles. The van der Waals surface area contributed by atoms with Crippen molar-refractivity contribution in [2.75, 3.05) is 5.32 Å². The molecule has 0 aromatic heterocycles. The molecule has 0 radical (unpaired) electrons. The number of nitrogens with one attached hydrogen (secondary N) is 1. The second-order valence-corrected chi connectivity index (χ2v) is 5.08. The number of aryl methyl sites for hydroxylation is 2. The summed E-state index contributed by atoms with van der Waals surface area (Å²) in [5.74, 6) is -0.480. The molecule has 1 amide bonds. The van der Waals surface area contributed by atoms with Crippen molar-refractivity contribution >= 4 is 28.9 Å². The van der Waals surface area contributed by atoms with Crippen LogP contribution in [0, 0.1) is 24.0 Å². The number of rotatable bonds is 3. The minimum absolute atomic E-state index is 0.0732. The summed E-state index contributed by atoms with van der Waals surface area (Å²) < 4.78 is 0. The second kappa shape index (κ2) is 5.93. The molecular formula is C15H13ClN2O3. The number of nitro benzene ring substituents is 1. The highest BCUT2D eigenvalue weighted by atomic mass is 35.5. The fourth-order valence-corrected chi connectivity index (χ4v) is 2.02. The van der Waals surface area contributed by atoms with E-state index in [1.165, 1.54) is 18.2 Å². The number of amides is 1. The van der Waals surface area contributed by atoms with Crippen LogP contribution in [0.4, 0.5) is 11.4 Å². The van der Waals surface area contributed by atoms with Gasteiger partial charge in [0, 0.05) is 17.8 Å². The maximum atomic E-state index is 12.2. The van der Waals surface area contributed by atoms with Crippen LogP contribution in [0.15, 0.2) is 36.4 Å². The molecule has 108 valence electrons. The first kappa shape index (κ1) is 15.0. The minimum atomic E-state index is -0.566. The maximum Gasteiger partial charge on any atom is 0.270 e. The maximum absolute atomic E-state index is 12.2. The number of carbonyl (C=O) groups is 1. The zero-order chi connectivity index (χ0) is 15.6. The number of benzene rings is 2. The van der Waals surface area contributed by atoms with Crippen molar-refractivity contribution < 1.29 is 9.72 Å². The Hall–Kier alpha value is -2.40. The standard InChI is InChI=1S/C15H13ClN2O3/c1-9-3-4-11(7-10(9)2)17-15(19)13-8-12(18(20)21)5-6-14(13)16/h3-8H,1-2H3,(H,17,19). The summed E-state index contributed by atoms with van der Waals surface area (Å²) in [6, 6.07) is 9.26. The fourth-order valence-electron chi connectivity index (χ4n) is 1.82. The highest BCUT2D eigenvalue weighted by molar-refractivity contribution is 6.34. The highest BCUT2D eigenvalue weighted by Crippen LogP contribution is 2.23. The lowest BCUT2D eigenvalue weighted by atomic mass is 10.1. The SMILES string of the molecule is Cc1ccc(NC(=O)c2cc([N+](=O)[O-])ccc2Cl)cc1C. The molecule has 2 rings (SSSR count). The number of halogens is 1. The third-order valence-corrected chi connectivity index (χ3v) is 3.50. The minimum Gasteiger partial charge on any atom is -0.322 e. The average molecular weight is 305 g/mol. The van der Waals surface area contributed by atoms with Crippen LogP contribution in [0.2, 0.25) is 5.02 Å². The Labute approximate surface area is 126 Å².